The molecule has 0 aromatic heterocycles. The van der Waals surface area contributed by atoms with E-state index in [1.54, 1.807) is 4.90 Å². The van der Waals surface area contributed by atoms with E-state index < -0.39 is 6.04 Å². The molecule has 3 aromatic rings. The van der Waals surface area contributed by atoms with Gasteiger partial charge in [-0.1, -0.05) is 48.0 Å². The highest BCUT2D eigenvalue weighted by atomic mass is 35.5. The van der Waals surface area contributed by atoms with Gasteiger partial charge in [-0.15, -0.1) is 11.8 Å². The molecule has 1 aliphatic carbocycles. The van der Waals surface area contributed by atoms with Crippen LogP contribution in [0.25, 0.3) is 11.1 Å². The Bertz CT molecular complexity index is 1510. The fourth-order valence-corrected chi connectivity index (χ4v) is 8.47. The van der Waals surface area contributed by atoms with Gasteiger partial charge < -0.3 is 4.90 Å². The molecular formula is C32H30ClN3O3S. The number of hydrogen-bond acceptors (Lipinski definition) is 5. The summed E-state index contributed by atoms with van der Waals surface area (Å²) < 4.78 is 0. The molecule has 40 heavy (non-hydrogen) atoms. The number of likely N-dealkylation sites (tertiary alicyclic amines) is 1. The van der Waals surface area contributed by atoms with Gasteiger partial charge in [-0.3, -0.25) is 24.6 Å². The van der Waals surface area contributed by atoms with Crippen LogP contribution in [0, 0.1) is 11.8 Å². The Balaban J connectivity index is 0.990. The summed E-state index contributed by atoms with van der Waals surface area (Å²) in [5.41, 5.74) is 5.46. The average molecular weight is 572 g/mol. The summed E-state index contributed by atoms with van der Waals surface area (Å²) in [5.74, 6) is 0.657. The van der Waals surface area contributed by atoms with Gasteiger partial charge in [0.25, 0.3) is 5.91 Å². The van der Waals surface area contributed by atoms with Gasteiger partial charge in [0.15, 0.2) is 0 Å². The summed E-state index contributed by atoms with van der Waals surface area (Å²) in [5, 5.41) is 3.70. The molecule has 3 amide bonds. The van der Waals surface area contributed by atoms with Gasteiger partial charge in [-0.25, -0.2) is 0 Å². The quantitative estimate of drug-likeness (QED) is 0.402. The molecule has 2 saturated heterocycles. The van der Waals surface area contributed by atoms with Crippen molar-refractivity contribution < 1.29 is 14.4 Å². The molecule has 1 saturated carbocycles. The van der Waals surface area contributed by atoms with Crippen molar-refractivity contribution in [1.82, 2.24) is 15.1 Å². The Kier molecular flexibility index (Phi) is 6.69. The van der Waals surface area contributed by atoms with E-state index in [0.717, 1.165) is 36.1 Å². The number of carbonyl (C=O) groups excluding carboxylic acids is 3. The van der Waals surface area contributed by atoms with Gasteiger partial charge in [-0.05, 0) is 77.3 Å². The number of fused-ring (bicyclic) bond motifs is 2. The van der Waals surface area contributed by atoms with E-state index in [1.807, 2.05) is 30.0 Å². The number of thioether (sulfide) groups is 1. The van der Waals surface area contributed by atoms with Crippen molar-refractivity contribution in [2.75, 3.05) is 13.1 Å². The van der Waals surface area contributed by atoms with Crippen LogP contribution >= 0.6 is 23.4 Å². The molecule has 6 nitrogen and oxygen atoms in total. The smallest absolute Gasteiger partial charge is 0.255 e. The summed E-state index contributed by atoms with van der Waals surface area (Å²) in [4.78, 5) is 42.3. The van der Waals surface area contributed by atoms with Crippen LogP contribution in [0.1, 0.15) is 40.7 Å². The zero-order valence-electron chi connectivity index (χ0n) is 22.0. The molecule has 7 rings (SSSR count). The van der Waals surface area contributed by atoms with E-state index in [9.17, 15) is 14.4 Å². The third-order valence-electron chi connectivity index (χ3n) is 8.93. The molecule has 4 atom stereocenters. The van der Waals surface area contributed by atoms with E-state index in [2.05, 4.69) is 58.7 Å². The Morgan fingerprint density at radius 2 is 1.77 bits per heavy atom. The second-order valence-corrected chi connectivity index (χ2v) is 13.1. The standard InChI is InChI=1S/C32H30ClN3O3S/c33-23-7-5-19(6-8-23)25-4-2-1-3-20(25)15-35-16-22-14-29(27(22)18-35)40-24-9-10-26-21(13-24)17-36(32(26)39)28-11-12-30(37)34-31(28)38/h1-10,13,22,27-29H,11-12,14-18H2,(H,34,37,38). The first-order chi connectivity index (χ1) is 19.4. The van der Waals surface area contributed by atoms with E-state index in [0.29, 0.717) is 29.7 Å². The molecule has 1 N–H and O–H groups in total. The summed E-state index contributed by atoms with van der Waals surface area (Å²) in [6.07, 6.45) is 1.87. The maximum Gasteiger partial charge on any atom is 0.255 e. The fraction of sp³-hybridized carbons (Fsp3) is 0.344. The van der Waals surface area contributed by atoms with Crippen molar-refractivity contribution in [1.29, 1.82) is 0 Å². The van der Waals surface area contributed by atoms with Crippen LogP contribution in [0.15, 0.2) is 71.6 Å². The lowest BCUT2D eigenvalue weighted by Crippen LogP contribution is -2.52. The van der Waals surface area contributed by atoms with Crippen molar-refractivity contribution in [3.05, 3.63) is 88.4 Å². The maximum absolute atomic E-state index is 13.0. The molecule has 3 aliphatic heterocycles. The van der Waals surface area contributed by atoms with Crippen LogP contribution in [0.3, 0.4) is 0 Å². The van der Waals surface area contributed by atoms with Gasteiger partial charge in [0.2, 0.25) is 11.8 Å². The lowest BCUT2D eigenvalue weighted by atomic mass is 9.76. The number of benzene rings is 3. The fourth-order valence-electron chi connectivity index (χ4n) is 6.81. The Labute approximate surface area is 243 Å². The molecule has 8 heteroatoms. The Hall–Kier alpha value is -3.13. The zero-order valence-corrected chi connectivity index (χ0v) is 23.6. The molecule has 4 aliphatic rings. The molecule has 3 fully saturated rings. The largest absolute Gasteiger partial charge is 0.322 e. The number of halogens is 1. The zero-order chi connectivity index (χ0) is 27.4. The average Bonchev–Trinajstić information content (AvgIpc) is 3.44. The van der Waals surface area contributed by atoms with Crippen molar-refractivity contribution in [3.8, 4) is 11.1 Å². The summed E-state index contributed by atoms with van der Waals surface area (Å²) in [6.45, 7) is 3.60. The Morgan fingerprint density at radius 1 is 0.950 bits per heavy atom. The molecule has 3 aromatic carbocycles. The number of amides is 3. The lowest BCUT2D eigenvalue weighted by Gasteiger charge is -2.39. The molecule has 0 bridgehead atoms. The molecule has 0 spiro atoms. The number of hydrogen-bond donors (Lipinski definition) is 1. The van der Waals surface area contributed by atoms with Crippen LogP contribution in [-0.4, -0.2) is 51.9 Å². The molecular weight excluding hydrogens is 542 g/mol. The van der Waals surface area contributed by atoms with Crippen molar-refractivity contribution >= 4 is 41.1 Å². The molecule has 204 valence electrons. The number of nitrogens with zero attached hydrogens (tertiary/aromatic N) is 2. The predicted molar refractivity (Wildman–Crippen MR) is 156 cm³/mol. The minimum atomic E-state index is -0.574. The van der Waals surface area contributed by atoms with Crippen LogP contribution in [0.5, 0.6) is 0 Å². The van der Waals surface area contributed by atoms with Crippen LogP contribution in [0.2, 0.25) is 5.02 Å². The Morgan fingerprint density at radius 3 is 2.60 bits per heavy atom. The minimum Gasteiger partial charge on any atom is -0.322 e. The van der Waals surface area contributed by atoms with E-state index in [1.165, 1.54) is 28.0 Å². The highest BCUT2D eigenvalue weighted by Crippen LogP contribution is 2.50. The van der Waals surface area contributed by atoms with E-state index >= 15 is 0 Å². The van der Waals surface area contributed by atoms with E-state index in [-0.39, 0.29) is 24.1 Å². The second kappa shape index (κ2) is 10.4. The van der Waals surface area contributed by atoms with Crippen LogP contribution < -0.4 is 5.32 Å². The first-order valence-electron chi connectivity index (χ1n) is 13.9. The predicted octanol–water partition coefficient (Wildman–Crippen LogP) is 5.38. The normalized spacial score (nSPS) is 25.9. The topological polar surface area (TPSA) is 69.7 Å². The van der Waals surface area contributed by atoms with Crippen LogP contribution in [-0.2, 0) is 22.7 Å². The van der Waals surface area contributed by atoms with Gasteiger partial charge in [0.05, 0.1) is 0 Å². The highest BCUT2D eigenvalue weighted by Gasteiger charge is 2.47. The van der Waals surface area contributed by atoms with Gasteiger partial charge in [0.1, 0.15) is 6.04 Å². The maximum atomic E-state index is 13.0. The van der Waals surface area contributed by atoms with Gasteiger partial charge >= 0.3 is 0 Å². The summed E-state index contributed by atoms with van der Waals surface area (Å²) >= 11 is 8.05. The minimum absolute atomic E-state index is 0.116. The lowest BCUT2D eigenvalue weighted by molar-refractivity contribution is -0.136. The van der Waals surface area contributed by atoms with Crippen LogP contribution in [0.4, 0.5) is 0 Å². The van der Waals surface area contributed by atoms with E-state index in [4.69, 9.17) is 11.6 Å². The molecule has 3 heterocycles. The number of piperidine rings is 1. The van der Waals surface area contributed by atoms with Gasteiger partial charge in [-0.2, -0.15) is 0 Å². The monoisotopic (exact) mass is 571 g/mol. The first kappa shape index (κ1) is 25.8. The number of carbonyl (C=O) groups is 3. The van der Waals surface area contributed by atoms with Crippen molar-refractivity contribution in [3.63, 3.8) is 0 Å². The number of rotatable bonds is 6. The number of nitrogens with one attached hydrogen (secondary N) is 1. The molecule has 4 unspecified atom stereocenters. The highest BCUT2D eigenvalue weighted by molar-refractivity contribution is 8.00. The summed E-state index contributed by atoms with van der Waals surface area (Å²) in [6, 6.07) is 22.3. The number of imide groups is 1. The second-order valence-electron chi connectivity index (χ2n) is 11.4. The molecule has 0 radical (unpaired) electrons. The third-order valence-corrected chi connectivity index (χ3v) is 10.6. The summed E-state index contributed by atoms with van der Waals surface area (Å²) in [7, 11) is 0. The third kappa shape index (κ3) is 4.74. The first-order valence-corrected chi connectivity index (χ1v) is 15.2. The van der Waals surface area contributed by atoms with Gasteiger partial charge in [0, 0.05) is 53.3 Å². The van der Waals surface area contributed by atoms with Crippen molar-refractivity contribution in [2.45, 2.75) is 48.5 Å². The SMILES string of the molecule is O=C1CCC(N2Cc3cc(SC4CC5CN(Cc6ccccc6-c6ccc(Cl)cc6)CC54)ccc3C2=O)C(=O)N1. The van der Waals surface area contributed by atoms with Crippen molar-refractivity contribution in [2.24, 2.45) is 11.8 Å².